The third kappa shape index (κ3) is 17.0. The van der Waals surface area contributed by atoms with E-state index in [0.717, 1.165) is 12.8 Å². The Labute approximate surface area is 284 Å². The quantitative estimate of drug-likeness (QED) is 0.0750. The third-order valence-electron chi connectivity index (χ3n) is 6.25. The topological polar surface area (TPSA) is 149 Å². The highest BCUT2D eigenvalue weighted by molar-refractivity contribution is 8.77. The van der Waals surface area contributed by atoms with Crippen molar-refractivity contribution in [2.24, 2.45) is 0 Å². The van der Waals surface area contributed by atoms with E-state index in [1.807, 2.05) is 28.5 Å². The van der Waals surface area contributed by atoms with Crippen LogP contribution in [0.4, 0.5) is 4.79 Å². The van der Waals surface area contributed by atoms with E-state index in [2.05, 4.69) is 10.6 Å². The van der Waals surface area contributed by atoms with Crippen molar-refractivity contribution in [3.8, 4) is 23.0 Å². The number of rotatable bonds is 18. The Hall–Kier alpha value is -3.94. The molecule has 3 rings (SSSR count). The summed E-state index contributed by atoms with van der Waals surface area (Å²) in [5.74, 6) is 2.69. The number of allylic oxidation sites excluding steroid dienone is 2. The molecule has 2 aromatic carbocycles. The van der Waals surface area contributed by atoms with Gasteiger partial charge in [-0.1, -0.05) is 59.2 Å². The van der Waals surface area contributed by atoms with Crippen LogP contribution >= 0.6 is 21.6 Å². The number of aromatic hydroxyl groups is 1. The second kappa shape index (κ2) is 23.4. The zero-order valence-corrected chi connectivity index (χ0v) is 28.7. The predicted molar refractivity (Wildman–Crippen MR) is 187 cm³/mol. The summed E-state index contributed by atoms with van der Waals surface area (Å²) in [5.41, 5.74) is 1.24. The first kappa shape index (κ1) is 39.2. The molecule has 1 fully saturated rings. The zero-order chi connectivity index (χ0) is 34.3. The van der Waals surface area contributed by atoms with Crippen molar-refractivity contribution in [2.75, 3.05) is 52.0 Å². The summed E-state index contributed by atoms with van der Waals surface area (Å²) >= 11 is 0. The molecule has 3 N–H and O–H groups in total. The van der Waals surface area contributed by atoms with E-state index in [4.69, 9.17) is 18.9 Å². The van der Waals surface area contributed by atoms with E-state index in [-0.39, 0.29) is 54.3 Å². The summed E-state index contributed by atoms with van der Waals surface area (Å²) in [6.07, 6.45) is 8.36. The SMILES string of the molecule is C1CSSC1.CCCCC(=O)NCCOCCNC(=O)Oc1ccc(/C=C/C(=O)CC(=O)/C=C/c2ccc(O)c(OC)c2)cc1OC. The number of carbonyl (C=O) groups excluding carboxylic acids is 4. The number of methoxy groups -OCH3 is 2. The molecule has 0 aliphatic carbocycles. The fraction of sp³-hybridized carbons (Fsp3) is 0.412. The van der Waals surface area contributed by atoms with Crippen LogP contribution in [-0.2, 0) is 19.1 Å². The summed E-state index contributed by atoms with van der Waals surface area (Å²) < 4.78 is 21.0. The van der Waals surface area contributed by atoms with Crippen molar-refractivity contribution in [1.29, 1.82) is 0 Å². The van der Waals surface area contributed by atoms with Crippen LogP contribution in [0.3, 0.4) is 0 Å². The van der Waals surface area contributed by atoms with E-state index in [0.29, 0.717) is 30.7 Å². The molecule has 2 aromatic rings. The Morgan fingerprint density at radius 1 is 0.830 bits per heavy atom. The first-order valence-electron chi connectivity index (χ1n) is 15.3. The molecular formula is C34H44N2O9S2. The minimum absolute atomic E-state index is 0.00292. The van der Waals surface area contributed by atoms with Crippen LogP contribution in [-0.4, -0.2) is 80.7 Å². The monoisotopic (exact) mass is 688 g/mol. The summed E-state index contributed by atoms with van der Waals surface area (Å²) in [6.45, 7) is 3.22. The molecule has 0 spiro atoms. The van der Waals surface area contributed by atoms with E-state index in [1.165, 1.54) is 68.6 Å². The molecule has 0 unspecified atom stereocenters. The van der Waals surface area contributed by atoms with E-state index >= 15 is 0 Å². The fourth-order valence-electron chi connectivity index (χ4n) is 3.78. The number of phenolic OH excluding ortho intramolecular Hbond substituents is 1. The van der Waals surface area contributed by atoms with Gasteiger partial charge in [0.15, 0.2) is 34.6 Å². The van der Waals surface area contributed by atoms with Gasteiger partial charge >= 0.3 is 6.09 Å². The van der Waals surface area contributed by atoms with E-state index in [1.54, 1.807) is 24.3 Å². The average Bonchev–Trinajstić information content (AvgIpc) is 3.66. The largest absolute Gasteiger partial charge is 0.504 e. The average molecular weight is 689 g/mol. The van der Waals surface area contributed by atoms with Crippen molar-refractivity contribution in [3.63, 3.8) is 0 Å². The number of phenols is 1. The predicted octanol–water partition coefficient (Wildman–Crippen LogP) is 5.85. The molecule has 0 atom stereocenters. The third-order valence-corrected chi connectivity index (χ3v) is 8.82. The van der Waals surface area contributed by atoms with Crippen LogP contribution in [0.2, 0.25) is 0 Å². The van der Waals surface area contributed by atoms with Crippen LogP contribution in [0.25, 0.3) is 12.2 Å². The number of ketones is 2. The minimum Gasteiger partial charge on any atom is -0.504 e. The van der Waals surface area contributed by atoms with Crippen molar-refractivity contribution < 1.29 is 43.2 Å². The van der Waals surface area contributed by atoms with E-state index < -0.39 is 11.9 Å². The van der Waals surface area contributed by atoms with Gasteiger partial charge in [-0.3, -0.25) is 14.4 Å². The Bertz CT molecular complexity index is 1350. The number of unbranched alkanes of at least 4 members (excludes halogenated alkanes) is 1. The van der Waals surface area contributed by atoms with Gasteiger partial charge in [0.25, 0.3) is 0 Å². The molecule has 1 aliphatic rings. The summed E-state index contributed by atoms with van der Waals surface area (Å²) in [5, 5.41) is 15.0. The molecule has 1 aliphatic heterocycles. The lowest BCUT2D eigenvalue weighted by Gasteiger charge is -2.11. The molecule has 11 nitrogen and oxygen atoms in total. The Morgan fingerprint density at radius 2 is 1.43 bits per heavy atom. The molecule has 1 heterocycles. The Balaban J connectivity index is 0.00000140. The first-order valence-corrected chi connectivity index (χ1v) is 17.8. The highest BCUT2D eigenvalue weighted by Crippen LogP contribution is 2.30. The van der Waals surface area contributed by atoms with Gasteiger partial charge in [-0.2, -0.15) is 0 Å². The van der Waals surface area contributed by atoms with Crippen molar-refractivity contribution in [3.05, 3.63) is 59.7 Å². The van der Waals surface area contributed by atoms with E-state index in [9.17, 15) is 24.3 Å². The van der Waals surface area contributed by atoms with Gasteiger partial charge in [-0.05, 0) is 60.4 Å². The van der Waals surface area contributed by atoms with Crippen molar-refractivity contribution in [1.82, 2.24) is 10.6 Å². The van der Waals surface area contributed by atoms with Gasteiger partial charge in [-0.15, -0.1) is 0 Å². The summed E-state index contributed by atoms with van der Waals surface area (Å²) in [7, 11) is 6.82. The number of ether oxygens (including phenoxy) is 4. The Morgan fingerprint density at radius 3 is 2.00 bits per heavy atom. The molecule has 0 bridgehead atoms. The maximum absolute atomic E-state index is 12.3. The van der Waals surface area contributed by atoms with Gasteiger partial charge in [0.05, 0.1) is 33.9 Å². The molecule has 0 radical (unpaired) electrons. The van der Waals surface area contributed by atoms with Crippen LogP contribution < -0.4 is 24.8 Å². The van der Waals surface area contributed by atoms with Gasteiger partial charge in [0.1, 0.15) is 0 Å². The number of carbonyl (C=O) groups is 4. The van der Waals surface area contributed by atoms with Gasteiger partial charge in [-0.25, -0.2) is 4.79 Å². The number of benzene rings is 2. The standard InChI is InChI=1S/C31H38N2O9.C3H6S2/c1-4-5-6-30(37)32-15-17-41-18-16-33-31(38)42-27-14-10-23(20-29(27)40-3)8-12-25(35)21-24(34)11-7-22-9-13-26(36)28(19-22)39-2;1-2-4-5-3-1/h7-14,19-20,36H,4-6,15-18,21H2,1-3H3,(H,32,37)(H,33,38);1-3H2/b11-7+,12-8+;. The highest BCUT2D eigenvalue weighted by atomic mass is 33.1. The van der Waals surface area contributed by atoms with Crippen molar-refractivity contribution in [2.45, 2.75) is 39.0 Å². The molecule has 0 aromatic heterocycles. The van der Waals surface area contributed by atoms with Crippen LogP contribution in [0.15, 0.2) is 48.6 Å². The molecule has 256 valence electrons. The molecule has 0 saturated carbocycles. The first-order chi connectivity index (χ1) is 22.7. The number of amides is 2. The highest BCUT2D eigenvalue weighted by Gasteiger charge is 2.11. The minimum atomic E-state index is -0.694. The normalized spacial score (nSPS) is 12.3. The fourth-order valence-corrected chi connectivity index (χ4v) is 6.14. The molecule has 47 heavy (non-hydrogen) atoms. The second-order valence-corrected chi connectivity index (χ2v) is 12.7. The summed E-state index contributed by atoms with van der Waals surface area (Å²) in [4.78, 5) is 48.1. The smallest absolute Gasteiger partial charge is 0.412 e. The Kier molecular flexibility index (Phi) is 19.5. The lowest BCUT2D eigenvalue weighted by Crippen LogP contribution is -2.31. The second-order valence-electron chi connectivity index (χ2n) is 10.00. The number of hydrogen-bond donors (Lipinski definition) is 3. The molecular weight excluding hydrogens is 645 g/mol. The number of hydrogen-bond acceptors (Lipinski definition) is 11. The van der Waals surface area contributed by atoms with Gasteiger partial charge in [0.2, 0.25) is 5.91 Å². The maximum Gasteiger partial charge on any atom is 0.412 e. The van der Waals surface area contributed by atoms with Gasteiger partial charge < -0.3 is 34.7 Å². The zero-order valence-electron chi connectivity index (χ0n) is 27.1. The lowest BCUT2D eigenvalue weighted by atomic mass is 10.1. The van der Waals surface area contributed by atoms with Crippen molar-refractivity contribution >= 4 is 57.3 Å². The van der Waals surface area contributed by atoms with Crippen LogP contribution in [0.5, 0.6) is 23.0 Å². The lowest BCUT2D eigenvalue weighted by molar-refractivity contribution is -0.122. The summed E-state index contributed by atoms with van der Waals surface area (Å²) in [6, 6.07) is 9.38. The van der Waals surface area contributed by atoms with Gasteiger partial charge in [0, 0.05) is 31.0 Å². The van der Waals surface area contributed by atoms with Crippen LogP contribution in [0, 0.1) is 0 Å². The number of nitrogens with one attached hydrogen (secondary N) is 2. The molecule has 13 heteroatoms. The van der Waals surface area contributed by atoms with Crippen LogP contribution in [0.1, 0.15) is 50.2 Å². The molecule has 2 amide bonds. The maximum atomic E-state index is 12.3. The molecule has 1 saturated heterocycles.